The van der Waals surface area contributed by atoms with Gasteiger partial charge in [-0.3, -0.25) is 5.84 Å². The first-order valence-electron chi connectivity index (χ1n) is 5.80. The van der Waals surface area contributed by atoms with Gasteiger partial charge in [0.05, 0.1) is 11.6 Å². The number of halogens is 4. The Bertz CT molecular complexity index is 599. The van der Waals surface area contributed by atoms with Gasteiger partial charge in [-0.2, -0.15) is 13.2 Å². The maximum atomic E-state index is 12.7. The third kappa shape index (κ3) is 3.30. The second kappa shape index (κ2) is 5.83. The first-order valence-corrected chi connectivity index (χ1v) is 6.18. The molecule has 1 unspecified atom stereocenters. The number of nitrogens with two attached hydrogens (primary N) is 1. The van der Waals surface area contributed by atoms with Crippen LogP contribution in [0.3, 0.4) is 0 Å². The number of rotatable bonds is 3. The Hall–Kier alpha value is -1.56. The number of benzene rings is 2. The zero-order valence-electron chi connectivity index (χ0n) is 10.3. The minimum Gasteiger partial charge on any atom is -0.271 e. The fourth-order valence-electron chi connectivity index (χ4n) is 1.97. The van der Waals surface area contributed by atoms with Crippen LogP contribution in [0.5, 0.6) is 0 Å². The predicted octanol–water partition coefficient (Wildman–Crippen LogP) is 3.91. The van der Waals surface area contributed by atoms with E-state index >= 15 is 0 Å². The summed E-state index contributed by atoms with van der Waals surface area (Å²) in [6, 6.07) is 11.3. The summed E-state index contributed by atoms with van der Waals surface area (Å²) < 4.78 is 38.2. The molecule has 0 aliphatic carbocycles. The molecule has 0 aromatic heterocycles. The van der Waals surface area contributed by atoms with Crippen LogP contribution in [0.2, 0.25) is 5.02 Å². The molecule has 0 bridgehead atoms. The summed E-state index contributed by atoms with van der Waals surface area (Å²) in [5.74, 6) is 5.47. The minimum atomic E-state index is -4.39. The van der Waals surface area contributed by atoms with E-state index in [0.29, 0.717) is 16.1 Å². The normalized spacial score (nSPS) is 13.2. The topological polar surface area (TPSA) is 38.0 Å². The van der Waals surface area contributed by atoms with Gasteiger partial charge in [0.1, 0.15) is 0 Å². The summed E-state index contributed by atoms with van der Waals surface area (Å²) in [6.07, 6.45) is -4.39. The molecular weight excluding hydrogens is 289 g/mol. The van der Waals surface area contributed by atoms with E-state index in [4.69, 9.17) is 17.4 Å². The molecule has 0 radical (unpaired) electrons. The molecule has 0 aliphatic heterocycles. The van der Waals surface area contributed by atoms with Crippen LogP contribution in [0.25, 0.3) is 0 Å². The molecule has 2 aromatic rings. The lowest BCUT2D eigenvalue weighted by Gasteiger charge is -2.18. The lowest BCUT2D eigenvalue weighted by molar-refractivity contribution is -0.137. The van der Waals surface area contributed by atoms with Crippen LogP contribution in [0.1, 0.15) is 22.7 Å². The van der Waals surface area contributed by atoms with Crippen molar-refractivity contribution in [3.63, 3.8) is 0 Å². The van der Waals surface area contributed by atoms with Crippen LogP contribution in [-0.4, -0.2) is 0 Å². The van der Waals surface area contributed by atoms with Crippen LogP contribution >= 0.6 is 11.6 Å². The van der Waals surface area contributed by atoms with Crippen molar-refractivity contribution >= 4 is 11.6 Å². The Labute approximate surface area is 119 Å². The highest BCUT2D eigenvalue weighted by Crippen LogP contribution is 2.32. The molecule has 2 nitrogen and oxygen atoms in total. The molecule has 20 heavy (non-hydrogen) atoms. The van der Waals surface area contributed by atoms with Gasteiger partial charge in [-0.05, 0) is 35.4 Å². The third-order valence-corrected chi connectivity index (χ3v) is 3.13. The molecule has 6 heteroatoms. The van der Waals surface area contributed by atoms with Gasteiger partial charge in [-0.1, -0.05) is 35.9 Å². The van der Waals surface area contributed by atoms with Gasteiger partial charge in [-0.25, -0.2) is 5.43 Å². The van der Waals surface area contributed by atoms with Crippen molar-refractivity contribution in [3.8, 4) is 0 Å². The van der Waals surface area contributed by atoms with E-state index in [1.807, 2.05) is 0 Å². The van der Waals surface area contributed by atoms with Gasteiger partial charge < -0.3 is 0 Å². The largest absolute Gasteiger partial charge is 0.416 e. The SMILES string of the molecule is NNC(c1cccc(Cl)c1)c1cccc(C(F)(F)F)c1. The summed E-state index contributed by atoms with van der Waals surface area (Å²) in [7, 11) is 0. The molecule has 0 amide bonds. The lowest BCUT2D eigenvalue weighted by Crippen LogP contribution is -2.29. The molecule has 0 spiro atoms. The van der Waals surface area contributed by atoms with Crippen molar-refractivity contribution in [3.05, 3.63) is 70.2 Å². The Balaban J connectivity index is 2.42. The maximum Gasteiger partial charge on any atom is 0.416 e. The van der Waals surface area contributed by atoms with Crippen LogP contribution in [0.4, 0.5) is 13.2 Å². The van der Waals surface area contributed by atoms with Crippen molar-refractivity contribution in [2.24, 2.45) is 5.84 Å². The average Bonchev–Trinajstić information content (AvgIpc) is 2.39. The molecule has 0 aliphatic rings. The van der Waals surface area contributed by atoms with Crippen molar-refractivity contribution in [2.45, 2.75) is 12.2 Å². The monoisotopic (exact) mass is 300 g/mol. The van der Waals surface area contributed by atoms with E-state index in [1.165, 1.54) is 6.07 Å². The fraction of sp³-hybridized carbons (Fsp3) is 0.143. The Morgan fingerprint density at radius 2 is 1.60 bits per heavy atom. The van der Waals surface area contributed by atoms with E-state index in [-0.39, 0.29) is 0 Å². The van der Waals surface area contributed by atoms with Gasteiger partial charge in [0, 0.05) is 5.02 Å². The second-order valence-electron chi connectivity index (χ2n) is 4.28. The van der Waals surface area contributed by atoms with Crippen molar-refractivity contribution in [2.75, 3.05) is 0 Å². The fourth-order valence-corrected chi connectivity index (χ4v) is 2.16. The number of hydrogen-bond acceptors (Lipinski definition) is 2. The van der Waals surface area contributed by atoms with E-state index < -0.39 is 17.8 Å². The van der Waals surface area contributed by atoms with E-state index in [0.717, 1.165) is 12.1 Å². The lowest BCUT2D eigenvalue weighted by atomic mass is 9.97. The van der Waals surface area contributed by atoms with Gasteiger partial charge in [0.2, 0.25) is 0 Å². The van der Waals surface area contributed by atoms with Crippen molar-refractivity contribution in [1.29, 1.82) is 0 Å². The Kier molecular flexibility index (Phi) is 4.32. The molecule has 106 valence electrons. The third-order valence-electron chi connectivity index (χ3n) is 2.90. The molecule has 0 heterocycles. The molecule has 0 saturated carbocycles. The highest BCUT2D eigenvalue weighted by Gasteiger charge is 2.31. The zero-order valence-corrected chi connectivity index (χ0v) is 11.0. The zero-order chi connectivity index (χ0) is 14.8. The van der Waals surface area contributed by atoms with Crippen LogP contribution < -0.4 is 11.3 Å². The van der Waals surface area contributed by atoms with Gasteiger partial charge in [0.25, 0.3) is 0 Å². The van der Waals surface area contributed by atoms with Gasteiger partial charge >= 0.3 is 6.18 Å². The number of hydrogen-bond donors (Lipinski definition) is 2. The van der Waals surface area contributed by atoms with E-state index in [2.05, 4.69) is 5.43 Å². The van der Waals surface area contributed by atoms with Crippen LogP contribution in [0.15, 0.2) is 48.5 Å². The van der Waals surface area contributed by atoms with Gasteiger partial charge in [0.15, 0.2) is 0 Å². The first kappa shape index (κ1) is 14.8. The number of nitrogens with one attached hydrogen (secondary N) is 1. The minimum absolute atomic E-state index is 0.421. The van der Waals surface area contributed by atoms with Crippen molar-refractivity contribution in [1.82, 2.24) is 5.43 Å². The summed E-state index contributed by atoms with van der Waals surface area (Å²) in [5.41, 5.74) is 2.92. The second-order valence-corrected chi connectivity index (χ2v) is 4.71. The molecule has 0 saturated heterocycles. The van der Waals surface area contributed by atoms with Gasteiger partial charge in [-0.15, -0.1) is 0 Å². The Morgan fingerprint density at radius 1 is 1.00 bits per heavy atom. The molecule has 3 N–H and O–H groups in total. The summed E-state index contributed by atoms with van der Waals surface area (Å²) in [6.45, 7) is 0. The summed E-state index contributed by atoms with van der Waals surface area (Å²) in [5, 5.41) is 0.495. The molecular formula is C14H12ClF3N2. The average molecular weight is 301 g/mol. The van der Waals surface area contributed by atoms with Crippen LogP contribution in [0, 0.1) is 0 Å². The summed E-state index contributed by atoms with van der Waals surface area (Å²) in [4.78, 5) is 0. The van der Waals surface area contributed by atoms with Crippen molar-refractivity contribution < 1.29 is 13.2 Å². The smallest absolute Gasteiger partial charge is 0.271 e. The van der Waals surface area contributed by atoms with E-state index in [1.54, 1.807) is 30.3 Å². The molecule has 2 rings (SSSR count). The quantitative estimate of drug-likeness (QED) is 0.666. The highest BCUT2D eigenvalue weighted by atomic mass is 35.5. The standard InChI is InChI=1S/C14H12ClF3N2/c15-12-6-2-4-10(8-12)13(20-19)9-3-1-5-11(7-9)14(16,17)18/h1-8,13,20H,19H2. The van der Waals surface area contributed by atoms with Crippen LogP contribution in [-0.2, 0) is 6.18 Å². The summed E-state index contributed by atoms with van der Waals surface area (Å²) >= 11 is 5.89. The molecule has 0 fully saturated rings. The maximum absolute atomic E-state index is 12.7. The number of hydrazine groups is 1. The predicted molar refractivity (Wildman–Crippen MR) is 72.1 cm³/mol. The van der Waals surface area contributed by atoms with E-state index in [9.17, 15) is 13.2 Å². The molecule has 1 atom stereocenters. The first-order chi connectivity index (χ1) is 9.41. The number of alkyl halides is 3. The highest BCUT2D eigenvalue weighted by molar-refractivity contribution is 6.30. The molecule has 2 aromatic carbocycles. The Morgan fingerprint density at radius 3 is 2.15 bits per heavy atom.